The highest BCUT2D eigenvalue weighted by Crippen LogP contribution is 2.25. The number of benzene rings is 2. The zero-order valence-electron chi connectivity index (χ0n) is 17.4. The quantitative estimate of drug-likeness (QED) is 0.485. The van der Waals surface area contributed by atoms with Crippen molar-refractivity contribution in [3.8, 4) is 0 Å². The van der Waals surface area contributed by atoms with Gasteiger partial charge >= 0.3 is 5.97 Å². The van der Waals surface area contributed by atoms with Crippen LogP contribution in [-0.2, 0) is 27.3 Å². The van der Waals surface area contributed by atoms with Gasteiger partial charge in [0.2, 0.25) is 5.91 Å². The molecule has 1 aliphatic rings. The fourth-order valence-electron chi connectivity index (χ4n) is 3.80. The minimum atomic E-state index is -0.610. The first kappa shape index (κ1) is 20.7. The largest absolute Gasteiger partial charge is 0.454 e. The number of anilines is 1. The summed E-state index contributed by atoms with van der Waals surface area (Å²) >= 11 is 0. The number of para-hydroxylation sites is 1. The van der Waals surface area contributed by atoms with Gasteiger partial charge in [0.1, 0.15) is 0 Å². The lowest BCUT2D eigenvalue weighted by atomic mass is 9.99. The van der Waals surface area contributed by atoms with Crippen molar-refractivity contribution in [3.05, 3.63) is 70.4 Å². The van der Waals surface area contributed by atoms with Crippen molar-refractivity contribution in [2.75, 3.05) is 19.0 Å². The van der Waals surface area contributed by atoms with Crippen LogP contribution >= 0.6 is 0 Å². The van der Waals surface area contributed by atoms with Crippen LogP contribution in [0.3, 0.4) is 0 Å². The van der Waals surface area contributed by atoms with Gasteiger partial charge in [-0.15, -0.1) is 0 Å². The van der Waals surface area contributed by atoms with Gasteiger partial charge in [0, 0.05) is 30.2 Å². The Balaban J connectivity index is 1.54. The highest BCUT2D eigenvalue weighted by molar-refractivity contribution is 6.02. The van der Waals surface area contributed by atoms with E-state index in [1.807, 2.05) is 31.2 Å². The number of rotatable bonds is 6. The summed E-state index contributed by atoms with van der Waals surface area (Å²) in [6, 6.07) is 12.6. The van der Waals surface area contributed by atoms with Gasteiger partial charge in [0.15, 0.2) is 12.4 Å². The number of carbonyl (C=O) groups is 3. The Labute approximate surface area is 179 Å². The van der Waals surface area contributed by atoms with Crippen LogP contribution in [0.2, 0.25) is 0 Å². The average molecular weight is 418 g/mol. The smallest absolute Gasteiger partial charge is 0.340 e. The summed E-state index contributed by atoms with van der Waals surface area (Å²) in [5, 5.41) is 3.63. The van der Waals surface area contributed by atoms with Gasteiger partial charge in [0.05, 0.1) is 23.4 Å². The van der Waals surface area contributed by atoms with Crippen LogP contribution in [0.4, 0.5) is 5.69 Å². The molecule has 0 radical (unpaired) electrons. The number of esters is 1. The molecule has 0 atom stereocenters. The molecule has 1 N–H and O–H groups in total. The summed E-state index contributed by atoms with van der Waals surface area (Å²) in [4.78, 5) is 41.6. The Morgan fingerprint density at radius 3 is 2.74 bits per heavy atom. The molecular weight excluding hydrogens is 396 g/mol. The molecule has 0 spiro atoms. The number of amides is 1. The first-order valence-electron chi connectivity index (χ1n) is 9.98. The highest BCUT2D eigenvalue weighted by atomic mass is 16.5. The lowest BCUT2D eigenvalue weighted by Crippen LogP contribution is -2.20. The zero-order chi connectivity index (χ0) is 22.0. The number of fused-ring (bicyclic) bond motifs is 2. The molecule has 3 aromatic rings. The van der Waals surface area contributed by atoms with Gasteiger partial charge in [-0.2, -0.15) is 0 Å². The first-order valence-corrected chi connectivity index (χ1v) is 9.98. The van der Waals surface area contributed by atoms with Gasteiger partial charge in [0.25, 0.3) is 0 Å². The molecule has 7 nitrogen and oxygen atoms in total. The maximum absolute atomic E-state index is 12.9. The van der Waals surface area contributed by atoms with Crippen LogP contribution in [0, 0.1) is 6.92 Å². The molecule has 2 aromatic carbocycles. The third-order valence-electron chi connectivity index (χ3n) is 5.37. The van der Waals surface area contributed by atoms with Gasteiger partial charge in [-0.05, 0) is 48.7 Å². The predicted molar refractivity (Wildman–Crippen MR) is 115 cm³/mol. The number of pyridine rings is 1. The van der Waals surface area contributed by atoms with E-state index in [0.29, 0.717) is 35.3 Å². The molecule has 0 aliphatic carbocycles. The maximum Gasteiger partial charge on any atom is 0.340 e. The number of hydrogen-bond acceptors (Lipinski definition) is 6. The van der Waals surface area contributed by atoms with E-state index < -0.39 is 5.97 Å². The fraction of sp³-hybridized carbons (Fsp3) is 0.250. The summed E-state index contributed by atoms with van der Waals surface area (Å²) in [5.74, 6) is -0.958. The number of carbonyl (C=O) groups excluding carboxylic acids is 3. The van der Waals surface area contributed by atoms with E-state index in [0.717, 1.165) is 22.0 Å². The Morgan fingerprint density at radius 2 is 1.94 bits per heavy atom. The number of nitrogens with one attached hydrogen (secondary N) is 1. The normalized spacial score (nSPS) is 12.9. The van der Waals surface area contributed by atoms with Gasteiger partial charge in [-0.1, -0.05) is 18.2 Å². The summed E-state index contributed by atoms with van der Waals surface area (Å²) in [7, 11) is 1.53. The van der Waals surface area contributed by atoms with Crippen LogP contribution in [-0.4, -0.2) is 36.4 Å². The number of Topliss-reactive ketones (excluding diaryl/α,β-unsaturated/α-hetero) is 1. The van der Waals surface area contributed by atoms with Crippen molar-refractivity contribution in [3.63, 3.8) is 0 Å². The average Bonchev–Trinajstić information content (AvgIpc) is 2.77. The molecule has 1 aromatic heterocycles. The Hall–Kier alpha value is -3.58. The number of ketones is 1. The third-order valence-corrected chi connectivity index (χ3v) is 5.37. The van der Waals surface area contributed by atoms with Crippen molar-refractivity contribution in [2.45, 2.75) is 26.4 Å². The second-order valence-corrected chi connectivity index (χ2v) is 7.43. The predicted octanol–water partition coefficient (Wildman–Crippen LogP) is 3.61. The maximum atomic E-state index is 12.9. The fourth-order valence-corrected chi connectivity index (χ4v) is 3.80. The molecule has 0 saturated carbocycles. The standard InChI is InChI=1S/C24H22N2O5/c1-14-17-5-3-4-6-19(17)25-20(12-30-2)23(14)24(29)31-13-21(27)16-7-9-18-15(11-16)8-10-22(28)26-18/h3-7,9,11H,8,10,12-13H2,1-2H3,(H,26,28). The van der Waals surface area contributed by atoms with Crippen LogP contribution in [0.25, 0.3) is 10.9 Å². The van der Waals surface area contributed by atoms with E-state index in [-0.39, 0.29) is 24.9 Å². The van der Waals surface area contributed by atoms with Crippen molar-refractivity contribution < 1.29 is 23.9 Å². The second-order valence-electron chi connectivity index (χ2n) is 7.43. The molecule has 2 heterocycles. The molecule has 4 rings (SSSR count). The number of methoxy groups -OCH3 is 1. The number of aryl methyl sites for hydroxylation is 2. The summed E-state index contributed by atoms with van der Waals surface area (Å²) in [5.41, 5.74) is 4.34. The van der Waals surface area contributed by atoms with Gasteiger partial charge < -0.3 is 14.8 Å². The molecule has 0 saturated heterocycles. The minimum Gasteiger partial charge on any atom is -0.454 e. The Kier molecular flexibility index (Phi) is 5.77. The monoisotopic (exact) mass is 418 g/mol. The Morgan fingerprint density at radius 1 is 1.13 bits per heavy atom. The van der Waals surface area contributed by atoms with E-state index in [1.165, 1.54) is 7.11 Å². The van der Waals surface area contributed by atoms with E-state index >= 15 is 0 Å². The van der Waals surface area contributed by atoms with E-state index in [9.17, 15) is 14.4 Å². The summed E-state index contributed by atoms with van der Waals surface area (Å²) < 4.78 is 10.6. The minimum absolute atomic E-state index is 0.0354. The molecule has 1 aliphatic heterocycles. The van der Waals surface area contributed by atoms with Crippen LogP contribution in [0.1, 0.15) is 44.0 Å². The molecule has 1 amide bonds. The third kappa shape index (κ3) is 4.18. The zero-order valence-corrected chi connectivity index (χ0v) is 17.4. The molecule has 31 heavy (non-hydrogen) atoms. The van der Waals surface area contributed by atoms with Crippen molar-refractivity contribution in [1.29, 1.82) is 0 Å². The SMILES string of the molecule is COCc1nc2ccccc2c(C)c1C(=O)OCC(=O)c1ccc2c(c1)CCC(=O)N2. The van der Waals surface area contributed by atoms with Crippen molar-refractivity contribution >= 4 is 34.3 Å². The number of aromatic nitrogens is 1. The summed E-state index contributed by atoms with van der Waals surface area (Å²) in [6.07, 6.45) is 0.959. The second kappa shape index (κ2) is 8.65. The molecule has 0 unspecified atom stereocenters. The molecule has 7 heteroatoms. The van der Waals surface area contributed by atoms with E-state index in [1.54, 1.807) is 18.2 Å². The highest BCUT2D eigenvalue weighted by Gasteiger charge is 2.22. The van der Waals surface area contributed by atoms with Gasteiger partial charge in [-0.3, -0.25) is 9.59 Å². The van der Waals surface area contributed by atoms with Crippen molar-refractivity contribution in [1.82, 2.24) is 4.98 Å². The molecular formula is C24H22N2O5. The van der Waals surface area contributed by atoms with Crippen molar-refractivity contribution in [2.24, 2.45) is 0 Å². The lowest BCUT2D eigenvalue weighted by molar-refractivity contribution is -0.116. The lowest BCUT2D eigenvalue weighted by Gasteiger charge is -2.17. The van der Waals surface area contributed by atoms with Crippen LogP contribution < -0.4 is 5.32 Å². The molecule has 0 bridgehead atoms. The number of ether oxygens (including phenoxy) is 2. The van der Waals surface area contributed by atoms with Crippen LogP contribution in [0.15, 0.2) is 42.5 Å². The van der Waals surface area contributed by atoms with Crippen LogP contribution in [0.5, 0.6) is 0 Å². The van der Waals surface area contributed by atoms with E-state index in [4.69, 9.17) is 9.47 Å². The van der Waals surface area contributed by atoms with E-state index in [2.05, 4.69) is 10.3 Å². The first-order chi connectivity index (χ1) is 15.0. The van der Waals surface area contributed by atoms with Gasteiger partial charge in [-0.25, -0.2) is 9.78 Å². The molecule has 158 valence electrons. The number of nitrogens with zero attached hydrogens (tertiary/aromatic N) is 1. The topological polar surface area (TPSA) is 94.6 Å². The number of hydrogen-bond donors (Lipinski definition) is 1. The Bertz CT molecular complexity index is 1200. The summed E-state index contributed by atoms with van der Waals surface area (Å²) in [6.45, 7) is 1.60. The molecule has 0 fully saturated rings.